The SMILES string of the molecule is Cc1nc(NCCC#N)cc(N(C)c2cc[nH]c2)n1. The molecular weight excluding hydrogens is 240 g/mol. The first-order valence-electron chi connectivity index (χ1n) is 6.03. The molecule has 0 aliphatic heterocycles. The Labute approximate surface area is 112 Å². The molecule has 0 bridgehead atoms. The number of aryl methyl sites for hydroxylation is 1. The topological polar surface area (TPSA) is 80.6 Å². The fourth-order valence-electron chi connectivity index (χ4n) is 1.72. The maximum atomic E-state index is 8.53. The lowest BCUT2D eigenvalue weighted by atomic mass is 10.4. The minimum atomic E-state index is 0.450. The molecule has 2 N–H and O–H groups in total. The largest absolute Gasteiger partial charge is 0.369 e. The van der Waals surface area contributed by atoms with Gasteiger partial charge < -0.3 is 15.2 Å². The highest BCUT2D eigenvalue weighted by Crippen LogP contribution is 2.22. The van der Waals surface area contributed by atoms with Gasteiger partial charge in [0.1, 0.15) is 17.5 Å². The fraction of sp³-hybridized carbons (Fsp3) is 0.308. The van der Waals surface area contributed by atoms with Crippen molar-refractivity contribution in [3.63, 3.8) is 0 Å². The zero-order chi connectivity index (χ0) is 13.7. The summed E-state index contributed by atoms with van der Waals surface area (Å²) in [5.41, 5.74) is 1.03. The number of aromatic nitrogens is 3. The summed E-state index contributed by atoms with van der Waals surface area (Å²) in [6, 6.07) is 5.94. The lowest BCUT2D eigenvalue weighted by Gasteiger charge is -2.17. The summed E-state index contributed by atoms with van der Waals surface area (Å²) in [5, 5.41) is 11.7. The van der Waals surface area contributed by atoms with Gasteiger partial charge in [0.05, 0.1) is 18.2 Å². The Morgan fingerprint density at radius 3 is 3.00 bits per heavy atom. The zero-order valence-electron chi connectivity index (χ0n) is 11.0. The summed E-state index contributed by atoms with van der Waals surface area (Å²) in [4.78, 5) is 13.7. The third kappa shape index (κ3) is 3.22. The number of anilines is 3. The van der Waals surface area contributed by atoms with Gasteiger partial charge in [-0.3, -0.25) is 0 Å². The Morgan fingerprint density at radius 1 is 1.47 bits per heavy atom. The molecule has 0 radical (unpaired) electrons. The number of nitriles is 1. The molecule has 19 heavy (non-hydrogen) atoms. The summed E-state index contributed by atoms with van der Waals surface area (Å²) in [7, 11) is 1.95. The van der Waals surface area contributed by atoms with Crippen LogP contribution in [-0.4, -0.2) is 28.5 Å². The van der Waals surface area contributed by atoms with Crippen molar-refractivity contribution in [2.24, 2.45) is 0 Å². The average Bonchev–Trinajstić information content (AvgIpc) is 2.91. The molecule has 0 spiro atoms. The normalized spacial score (nSPS) is 9.95. The maximum Gasteiger partial charge on any atom is 0.138 e. The summed E-state index contributed by atoms with van der Waals surface area (Å²) in [6.45, 7) is 2.43. The van der Waals surface area contributed by atoms with Crippen molar-refractivity contribution in [1.82, 2.24) is 15.0 Å². The van der Waals surface area contributed by atoms with E-state index in [-0.39, 0.29) is 0 Å². The monoisotopic (exact) mass is 256 g/mol. The van der Waals surface area contributed by atoms with E-state index in [1.165, 1.54) is 0 Å². The van der Waals surface area contributed by atoms with Crippen molar-refractivity contribution in [1.29, 1.82) is 5.26 Å². The second-order valence-corrected chi connectivity index (χ2v) is 4.12. The highest BCUT2D eigenvalue weighted by Gasteiger charge is 2.08. The molecule has 0 aliphatic carbocycles. The zero-order valence-corrected chi connectivity index (χ0v) is 11.0. The molecule has 0 aliphatic rings. The first kappa shape index (κ1) is 12.9. The number of nitrogens with one attached hydrogen (secondary N) is 2. The van der Waals surface area contributed by atoms with E-state index in [2.05, 4.69) is 26.3 Å². The van der Waals surface area contributed by atoms with Crippen LogP contribution in [0.15, 0.2) is 24.5 Å². The van der Waals surface area contributed by atoms with Crippen LogP contribution in [0.4, 0.5) is 17.3 Å². The van der Waals surface area contributed by atoms with Gasteiger partial charge >= 0.3 is 0 Å². The third-order valence-electron chi connectivity index (χ3n) is 2.68. The molecule has 0 unspecified atom stereocenters. The van der Waals surface area contributed by atoms with Crippen molar-refractivity contribution in [3.8, 4) is 6.07 Å². The number of rotatable bonds is 5. The smallest absolute Gasteiger partial charge is 0.138 e. The van der Waals surface area contributed by atoms with Gasteiger partial charge in [-0.1, -0.05) is 0 Å². The van der Waals surface area contributed by atoms with E-state index in [0.29, 0.717) is 18.8 Å². The van der Waals surface area contributed by atoms with Crippen molar-refractivity contribution >= 4 is 17.3 Å². The first-order chi connectivity index (χ1) is 9.20. The fourth-order valence-corrected chi connectivity index (χ4v) is 1.72. The lowest BCUT2D eigenvalue weighted by molar-refractivity contribution is 0.987. The molecule has 0 atom stereocenters. The van der Waals surface area contributed by atoms with Crippen LogP contribution in [0.25, 0.3) is 0 Å². The second-order valence-electron chi connectivity index (χ2n) is 4.12. The Bertz CT molecular complexity index is 569. The third-order valence-corrected chi connectivity index (χ3v) is 2.68. The number of hydrogen-bond acceptors (Lipinski definition) is 5. The predicted octanol–water partition coefficient (Wildman–Crippen LogP) is 2.21. The van der Waals surface area contributed by atoms with Crippen LogP contribution >= 0.6 is 0 Å². The molecule has 6 nitrogen and oxygen atoms in total. The van der Waals surface area contributed by atoms with E-state index in [1.807, 2.05) is 43.4 Å². The summed E-state index contributed by atoms with van der Waals surface area (Å²) < 4.78 is 0. The molecule has 6 heteroatoms. The summed E-state index contributed by atoms with van der Waals surface area (Å²) >= 11 is 0. The maximum absolute atomic E-state index is 8.53. The highest BCUT2D eigenvalue weighted by molar-refractivity contribution is 5.61. The molecule has 2 rings (SSSR count). The molecule has 0 saturated carbocycles. The first-order valence-corrected chi connectivity index (χ1v) is 6.03. The van der Waals surface area contributed by atoms with E-state index in [1.54, 1.807) is 0 Å². The van der Waals surface area contributed by atoms with Gasteiger partial charge in [-0.25, -0.2) is 9.97 Å². The minimum Gasteiger partial charge on any atom is -0.369 e. The van der Waals surface area contributed by atoms with Gasteiger partial charge in [0.2, 0.25) is 0 Å². The van der Waals surface area contributed by atoms with E-state index in [0.717, 1.165) is 17.3 Å². The minimum absolute atomic E-state index is 0.450. The van der Waals surface area contributed by atoms with Crippen LogP contribution in [0.3, 0.4) is 0 Å². The molecule has 0 saturated heterocycles. The van der Waals surface area contributed by atoms with E-state index in [9.17, 15) is 0 Å². The average molecular weight is 256 g/mol. The molecular formula is C13H16N6. The van der Waals surface area contributed by atoms with Crippen molar-refractivity contribution < 1.29 is 0 Å². The second kappa shape index (κ2) is 5.87. The highest BCUT2D eigenvalue weighted by atomic mass is 15.2. The predicted molar refractivity (Wildman–Crippen MR) is 74.3 cm³/mol. The van der Waals surface area contributed by atoms with Gasteiger partial charge in [0.15, 0.2) is 0 Å². The van der Waals surface area contributed by atoms with Crippen LogP contribution in [0.2, 0.25) is 0 Å². The number of nitrogens with zero attached hydrogens (tertiary/aromatic N) is 4. The van der Waals surface area contributed by atoms with E-state index in [4.69, 9.17) is 5.26 Å². The molecule has 98 valence electrons. The summed E-state index contributed by atoms with van der Waals surface area (Å²) in [6.07, 6.45) is 4.22. The molecule has 2 aromatic heterocycles. The Morgan fingerprint density at radius 2 is 2.32 bits per heavy atom. The molecule has 0 fully saturated rings. The summed E-state index contributed by atoms with van der Waals surface area (Å²) in [5.74, 6) is 2.24. The van der Waals surface area contributed by atoms with Crippen molar-refractivity contribution in [2.75, 3.05) is 23.8 Å². The molecule has 2 aromatic rings. The van der Waals surface area contributed by atoms with Crippen LogP contribution in [0.1, 0.15) is 12.2 Å². The Balaban J connectivity index is 2.19. The van der Waals surface area contributed by atoms with E-state index < -0.39 is 0 Å². The van der Waals surface area contributed by atoms with Crippen LogP contribution < -0.4 is 10.2 Å². The van der Waals surface area contributed by atoms with Crippen molar-refractivity contribution in [2.45, 2.75) is 13.3 Å². The van der Waals surface area contributed by atoms with Gasteiger partial charge in [-0.15, -0.1) is 0 Å². The Kier molecular flexibility index (Phi) is 3.98. The van der Waals surface area contributed by atoms with Crippen LogP contribution in [0, 0.1) is 18.3 Å². The van der Waals surface area contributed by atoms with Crippen molar-refractivity contribution in [3.05, 3.63) is 30.4 Å². The standard InChI is InChI=1S/C13H16N6/c1-10-17-12(16-6-3-5-14)8-13(18-10)19(2)11-4-7-15-9-11/h4,7-9,15H,3,6H2,1-2H3,(H,16,17,18). The lowest BCUT2D eigenvalue weighted by Crippen LogP contribution is -2.13. The van der Waals surface area contributed by atoms with Gasteiger partial charge in [-0.05, 0) is 13.0 Å². The van der Waals surface area contributed by atoms with Crippen LogP contribution in [0.5, 0.6) is 0 Å². The van der Waals surface area contributed by atoms with Gasteiger partial charge in [-0.2, -0.15) is 5.26 Å². The molecule has 0 amide bonds. The number of aromatic amines is 1. The number of hydrogen-bond donors (Lipinski definition) is 2. The van der Waals surface area contributed by atoms with Gasteiger partial charge in [0.25, 0.3) is 0 Å². The molecule has 0 aromatic carbocycles. The quantitative estimate of drug-likeness (QED) is 0.802. The Hall–Kier alpha value is -2.55. The van der Waals surface area contributed by atoms with Gasteiger partial charge in [0, 0.05) is 32.1 Å². The number of H-pyrrole nitrogens is 1. The van der Waals surface area contributed by atoms with E-state index >= 15 is 0 Å². The van der Waals surface area contributed by atoms with Crippen LogP contribution in [-0.2, 0) is 0 Å². The molecule has 2 heterocycles.